The molecule has 1 N–H and O–H groups in total. The van der Waals surface area contributed by atoms with Crippen LogP contribution in [-0.4, -0.2) is 50.0 Å². The standard InChI is InChI=1S/C29H34BrN3O4S/c1-21(2)31-29(35)27(18-23-13-6-5-7-14-23)32(19-24-15-9-8-12-22(24)3)28(34)20-33(38(4,36)37)26-17-11-10-16-25(26)30/h5-17,21,27H,18-20H2,1-4H3,(H,31,35)/t27-/m0/s1. The average Bonchev–Trinajstić information content (AvgIpc) is 2.85. The van der Waals surface area contributed by atoms with Crippen LogP contribution < -0.4 is 9.62 Å². The van der Waals surface area contributed by atoms with Crippen LogP contribution in [0.2, 0.25) is 0 Å². The molecule has 0 aromatic heterocycles. The first-order valence-electron chi connectivity index (χ1n) is 12.4. The Morgan fingerprint density at radius 3 is 2.13 bits per heavy atom. The van der Waals surface area contributed by atoms with Crippen molar-refractivity contribution in [2.75, 3.05) is 17.1 Å². The summed E-state index contributed by atoms with van der Waals surface area (Å²) in [6, 6.07) is 23.0. The number of rotatable bonds is 11. The number of aryl methyl sites for hydroxylation is 1. The molecule has 3 aromatic rings. The molecule has 9 heteroatoms. The predicted molar refractivity (Wildman–Crippen MR) is 155 cm³/mol. The highest BCUT2D eigenvalue weighted by atomic mass is 79.9. The van der Waals surface area contributed by atoms with Gasteiger partial charge in [-0.2, -0.15) is 0 Å². The van der Waals surface area contributed by atoms with Crippen LogP contribution in [0.25, 0.3) is 0 Å². The minimum absolute atomic E-state index is 0.135. The van der Waals surface area contributed by atoms with E-state index < -0.39 is 28.5 Å². The zero-order chi connectivity index (χ0) is 27.9. The van der Waals surface area contributed by atoms with E-state index in [9.17, 15) is 18.0 Å². The van der Waals surface area contributed by atoms with Gasteiger partial charge in [0.2, 0.25) is 21.8 Å². The smallest absolute Gasteiger partial charge is 0.244 e. The highest BCUT2D eigenvalue weighted by Crippen LogP contribution is 2.28. The van der Waals surface area contributed by atoms with Crippen molar-refractivity contribution in [3.8, 4) is 0 Å². The number of halogens is 1. The fraction of sp³-hybridized carbons (Fsp3) is 0.310. The lowest BCUT2D eigenvalue weighted by Gasteiger charge is -2.34. The highest BCUT2D eigenvalue weighted by Gasteiger charge is 2.33. The number of nitrogens with zero attached hydrogens (tertiary/aromatic N) is 2. The van der Waals surface area contributed by atoms with Gasteiger partial charge in [0, 0.05) is 23.5 Å². The van der Waals surface area contributed by atoms with E-state index in [1.807, 2.05) is 75.4 Å². The van der Waals surface area contributed by atoms with Gasteiger partial charge in [-0.05, 0) is 65.5 Å². The Hall–Kier alpha value is -3.17. The molecule has 2 amide bonds. The van der Waals surface area contributed by atoms with Gasteiger partial charge in [0.1, 0.15) is 12.6 Å². The summed E-state index contributed by atoms with van der Waals surface area (Å²) in [7, 11) is -3.82. The maximum atomic E-state index is 14.0. The van der Waals surface area contributed by atoms with Crippen molar-refractivity contribution in [1.29, 1.82) is 0 Å². The van der Waals surface area contributed by atoms with Gasteiger partial charge in [0.05, 0.1) is 11.9 Å². The van der Waals surface area contributed by atoms with Crippen LogP contribution in [0.1, 0.15) is 30.5 Å². The van der Waals surface area contributed by atoms with E-state index in [2.05, 4.69) is 21.2 Å². The number of hydrogen-bond donors (Lipinski definition) is 1. The minimum Gasteiger partial charge on any atom is -0.352 e. The number of carbonyl (C=O) groups excluding carboxylic acids is 2. The van der Waals surface area contributed by atoms with Crippen LogP contribution in [0.4, 0.5) is 5.69 Å². The second-order valence-corrected chi connectivity index (χ2v) is 12.3. The molecule has 0 radical (unpaired) electrons. The number of anilines is 1. The molecular weight excluding hydrogens is 566 g/mol. The van der Waals surface area contributed by atoms with E-state index >= 15 is 0 Å². The van der Waals surface area contributed by atoms with Gasteiger partial charge in [-0.1, -0.05) is 66.7 Å². The third kappa shape index (κ3) is 7.91. The number of amides is 2. The lowest BCUT2D eigenvalue weighted by atomic mass is 10.0. The molecule has 0 aliphatic carbocycles. The molecule has 1 atom stereocenters. The quantitative estimate of drug-likeness (QED) is 0.346. The molecule has 0 fully saturated rings. The summed E-state index contributed by atoms with van der Waals surface area (Å²) in [4.78, 5) is 29.1. The zero-order valence-electron chi connectivity index (χ0n) is 22.1. The van der Waals surface area contributed by atoms with Crippen molar-refractivity contribution in [3.63, 3.8) is 0 Å². The first kappa shape index (κ1) is 29.4. The van der Waals surface area contributed by atoms with Crippen LogP contribution >= 0.6 is 15.9 Å². The molecule has 3 aromatic carbocycles. The number of nitrogens with one attached hydrogen (secondary N) is 1. The van der Waals surface area contributed by atoms with E-state index in [-0.39, 0.29) is 24.9 Å². The van der Waals surface area contributed by atoms with Crippen LogP contribution in [0.3, 0.4) is 0 Å². The van der Waals surface area contributed by atoms with Crippen molar-refractivity contribution in [3.05, 3.63) is 100 Å². The van der Waals surface area contributed by atoms with E-state index in [0.29, 0.717) is 10.2 Å². The normalized spacial score (nSPS) is 12.2. The van der Waals surface area contributed by atoms with Gasteiger partial charge < -0.3 is 10.2 Å². The van der Waals surface area contributed by atoms with Crippen molar-refractivity contribution in [2.45, 2.75) is 45.8 Å². The summed E-state index contributed by atoms with van der Waals surface area (Å²) in [5, 5.41) is 2.95. The van der Waals surface area contributed by atoms with Crippen LogP contribution in [0.15, 0.2) is 83.3 Å². The van der Waals surface area contributed by atoms with Gasteiger partial charge >= 0.3 is 0 Å². The molecule has 0 saturated heterocycles. The van der Waals surface area contributed by atoms with E-state index in [4.69, 9.17) is 0 Å². The Morgan fingerprint density at radius 2 is 1.53 bits per heavy atom. The van der Waals surface area contributed by atoms with E-state index in [1.54, 1.807) is 24.3 Å². The molecule has 0 aliphatic heterocycles. The molecule has 0 aliphatic rings. The molecule has 0 spiro atoms. The number of sulfonamides is 1. The largest absolute Gasteiger partial charge is 0.352 e. The summed E-state index contributed by atoms with van der Waals surface area (Å²) in [5.41, 5.74) is 3.09. The fourth-order valence-electron chi connectivity index (χ4n) is 4.15. The molecule has 0 saturated carbocycles. The fourth-order valence-corrected chi connectivity index (χ4v) is 5.63. The maximum absolute atomic E-state index is 14.0. The molecule has 7 nitrogen and oxygen atoms in total. The molecule has 0 bridgehead atoms. The Labute approximate surface area is 234 Å². The summed E-state index contributed by atoms with van der Waals surface area (Å²) in [6.07, 6.45) is 1.35. The monoisotopic (exact) mass is 599 g/mol. The first-order valence-corrected chi connectivity index (χ1v) is 15.0. The highest BCUT2D eigenvalue weighted by molar-refractivity contribution is 9.10. The van der Waals surface area contributed by atoms with Gasteiger partial charge in [-0.3, -0.25) is 13.9 Å². The Balaban J connectivity index is 2.08. The van der Waals surface area contributed by atoms with Crippen LogP contribution in [0.5, 0.6) is 0 Å². The van der Waals surface area contributed by atoms with Gasteiger partial charge in [0.15, 0.2) is 0 Å². The molecule has 0 unspecified atom stereocenters. The third-order valence-electron chi connectivity index (χ3n) is 6.10. The second kappa shape index (κ2) is 13.1. The van der Waals surface area contributed by atoms with Crippen molar-refractivity contribution in [2.24, 2.45) is 0 Å². The summed E-state index contributed by atoms with van der Waals surface area (Å²) in [5.74, 6) is -0.771. The SMILES string of the molecule is Cc1ccccc1CN(C(=O)CN(c1ccccc1Br)S(C)(=O)=O)[C@@H](Cc1ccccc1)C(=O)NC(C)C. The van der Waals surface area contributed by atoms with Crippen molar-refractivity contribution >= 4 is 43.5 Å². The first-order chi connectivity index (χ1) is 18.0. The van der Waals surface area contributed by atoms with E-state index in [0.717, 1.165) is 27.3 Å². The number of benzene rings is 3. The van der Waals surface area contributed by atoms with E-state index in [1.165, 1.54) is 4.90 Å². The summed E-state index contributed by atoms with van der Waals surface area (Å²) >= 11 is 3.41. The lowest BCUT2D eigenvalue weighted by molar-refractivity contribution is -0.140. The lowest BCUT2D eigenvalue weighted by Crippen LogP contribution is -2.54. The molecule has 38 heavy (non-hydrogen) atoms. The Kier molecular flexibility index (Phi) is 10.1. The maximum Gasteiger partial charge on any atom is 0.244 e. The third-order valence-corrected chi connectivity index (χ3v) is 7.90. The Morgan fingerprint density at radius 1 is 0.921 bits per heavy atom. The number of hydrogen-bond acceptors (Lipinski definition) is 4. The molecule has 3 rings (SSSR count). The Bertz CT molecular complexity index is 1360. The topological polar surface area (TPSA) is 86.8 Å². The van der Waals surface area contributed by atoms with Crippen molar-refractivity contribution < 1.29 is 18.0 Å². The predicted octanol–water partition coefficient (Wildman–Crippen LogP) is 4.69. The average molecular weight is 601 g/mol. The number of para-hydroxylation sites is 1. The van der Waals surface area contributed by atoms with Crippen LogP contribution in [-0.2, 0) is 32.6 Å². The van der Waals surface area contributed by atoms with Crippen LogP contribution in [0, 0.1) is 6.92 Å². The van der Waals surface area contributed by atoms with Gasteiger partial charge in [0.25, 0.3) is 0 Å². The number of carbonyl (C=O) groups is 2. The van der Waals surface area contributed by atoms with Gasteiger partial charge in [-0.15, -0.1) is 0 Å². The summed E-state index contributed by atoms with van der Waals surface area (Å²) in [6.45, 7) is 5.38. The second-order valence-electron chi connectivity index (χ2n) is 9.54. The van der Waals surface area contributed by atoms with Crippen molar-refractivity contribution in [1.82, 2.24) is 10.2 Å². The summed E-state index contributed by atoms with van der Waals surface area (Å²) < 4.78 is 27.3. The molecular formula is C29H34BrN3O4S. The van der Waals surface area contributed by atoms with Gasteiger partial charge in [-0.25, -0.2) is 8.42 Å². The molecule has 202 valence electrons. The zero-order valence-corrected chi connectivity index (χ0v) is 24.5. The molecule has 0 heterocycles. The minimum atomic E-state index is -3.82.